The van der Waals surface area contributed by atoms with E-state index in [1.807, 2.05) is 26.0 Å². The summed E-state index contributed by atoms with van der Waals surface area (Å²) in [6, 6.07) is 11.1. The summed E-state index contributed by atoms with van der Waals surface area (Å²) >= 11 is 0. The lowest BCUT2D eigenvalue weighted by molar-refractivity contribution is 0.0525. The fourth-order valence-corrected chi connectivity index (χ4v) is 2.26. The standard InChI is InChI=1S/C18H20FNO2/c1-12-5-4-6-16(13(12)2)17(21)20-11-18(3,22)14-7-9-15(19)10-8-14/h4-10,22H,11H2,1-3H3,(H,20,21). The average Bonchev–Trinajstić information content (AvgIpc) is 2.48. The number of aliphatic hydroxyl groups is 1. The maximum atomic E-state index is 12.9. The van der Waals surface area contributed by atoms with Crippen LogP contribution in [-0.4, -0.2) is 17.6 Å². The van der Waals surface area contributed by atoms with Crippen molar-refractivity contribution >= 4 is 5.91 Å². The van der Waals surface area contributed by atoms with Crippen molar-refractivity contribution in [3.63, 3.8) is 0 Å². The highest BCUT2D eigenvalue weighted by atomic mass is 19.1. The van der Waals surface area contributed by atoms with E-state index in [1.165, 1.54) is 24.3 Å². The Bertz CT molecular complexity index is 678. The second-order valence-electron chi connectivity index (χ2n) is 5.71. The fourth-order valence-electron chi connectivity index (χ4n) is 2.26. The van der Waals surface area contributed by atoms with Crippen molar-refractivity contribution in [1.29, 1.82) is 0 Å². The minimum atomic E-state index is -1.26. The van der Waals surface area contributed by atoms with Crippen LogP contribution in [0.15, 0.2) is 42.5 Å². The van der Waals surface area contributed by atoms with Gasteiger partial charge >= 0.3 is 0 Å². The number of carbonyl (C=O) groups excluding carboxylic acids is 1. The van der Waals surface area contributed by atoms with E-state index < -0.39 is 5.60 Å². The van der Waals surface area contributed by atoms with Crippen molar-refractivity contribution in [1.82, 2.24) is 5.32 Å². The molecule has 1 atom stereocenters. The zero-order chi connectivity index (χ0) is 16.3. The molecule has 2 aromatic rings. The van der Waals surface area contributed by atoms with Gasteiger partial charge in [-0.3, -0.25) is 4.79 Å². The fraction of sp³-hybridized carbons (Fsp3) is 0.278. The molecule has 3 nitrogen and oxygen atoms in total. The normalized spacial score (nSPS) is 13.5. The monoisotopic (exact) mass is 301 g/mol. The molecule has 0 aromatic heterocycles. The highest BCUT2D eigenvalue weighted by Gasteiger charge is 2.24. The number of hydrogen-bond donors (Lipinski definition) is 2. The van der Waals surface area contributed by atoms with E-state index >= 15 is 0 Å². The molecule has 0 aliphatic carbocycles. The molecule has 0 aliphatic heterocycles. The number of aryl methyl sites for hydroxylation is 1. The van der Waals surface area contributed by atoms with Gasteiger partial charge in [0.05, 0.1) is 6.54 Å². The lowest BCUT2D eigenvalue weighted by atomic mass is 9.95. The summed E-state index contributed by atoms with van der Waals surface area (Å²) in [5.41, 5.74) is 1.84. The Morgan fingerprint density at radius 2 is 1.82 bits per heavy atom. The van der Waals surface area contributed by atoms with Crippen LogP contribution in [0.5, 0.6) is 0 Å². The zero-order valence-corrected chi connectivity index (χ0v) is 13.0. The molecule has 1 amide bonds. The summed E-state index contributed by atoms with van der Waals surface area (Å²) in [6.45, 7) is 5.47. The van der Waals surface area contributed by atoms with Crippen molar-refractivity contribution in [3.05, 3.63) is 70.5 Å². The molecule has 0 fully saturated rings. The van der Waals surface area contributed by atoms with Crippen LogP contribution >= 0.6 is 0 Å². The Labute approximate surface area is 129 Å². The van der Waals surface area contributed by atoms with Gasteiger partial charge in [0.25, 0.3) is 5.91 Å². The van der Waals surface area contributed by atoms with Gasteiger partial charge in [0.2, 0.25) is 0 Å². The number of rotatable bonds is 4. The molecule has 0 saturated heterocycles. The first-order chi connectivity index (χ1) is 10.3. The zero-order valence-electron chi connectivity index (χ0n) is 13.0. The molecule has 2 rings (SSSR count). The molecular formula is C18H20FNO2. The second-order valence-corrected chi connectivity index (χ2v) is 5.71. The summed E-state index contributed by atoms with van der Waals surface area (Å²) < 4.78 is 12.9. The van der Waals surface area contributed by atoms with E-state index in [9.17, 15) is 14.3 Å². The van der Waals surface area contributed by atoms with E-state index in [4.69, 9.17) is 0 Å². The van der Waals surface area contributed by atoms with Gasteiger partial charge in [-0.05, 0) is 55.7 Å². The molecule has 1 unspecified atom stereocenters. The molecule has 4 heteroatoms. The molecule has 0 aliphatic rings. The van der Waals surface area contributed by atoms with Crippen LogP contribution in [0.4, 0.5) is 4.39 Å². The van der Waals surface area contributed by atoms with E-state index in [-0.39, 0.29) is 18.3 Å². The highest BCUT2D eigenvalue weighted by molar-refractivity contribution is 5.95. The molecule has 0 saturated carbocycles. The topological polar surface area (TPSA) is 49.3 Å². The third-order valence-corrected chi connectivity index (χ3v) is 3.91. The quantitative estimate of drug-likeness (QED) is 0.912. The van der Waals surface area contributed by atoms with Gasteiger partial charge < -0.3 is 10.4 Å². The summed E-state index contributed by atoms with van der Waals surface area (Å²) in [4.78, 5) is 12.3. The van der Waals surface area contributed by atoms with Crippen LogP contribution in [0, 0.1) is 19.7 Å². The largest absolute Gasteiger partial charge is 0.384 e. The minimum absolute atomic E-state index is 0.0465. The molecule has 0 spiro atoms. The number of halogens is 1. The van der Waals surface area contributed by atoms with Gasteiger partial charge in [-0.2, -0.15) is 0 Å². The van der Waals surface area contributed by atoms with Crippen molar-refractivity contribution in [2.24, 2.45) is 0 Å². The maximum Gasteiger partial charge on any atom is 0.251 e. The van der Waals surface area contributed by atoms with Crippen molar-refractivity contribution in [3.8, 4) is 0 Å². The van der Waals surface area contributed by atoms with Crippen LogP contribution in [0.3, 0.4) is 0 Å². The van der Waals surface area contributed by atoms with Gasteiger partial charge in [-0.1, -0.05) is 24.3 Å². The Hall–Kier alpha value is -2.20. The van der Waals surface area contributed by atoms with Crippen molar-refractivity contribution in [2.45, 2.75) is 26.4 Å². The van der Waals surface area contributed by atoms with Crippen LogP contribution in [0.1, 0.15) is 34.0 Å². The first-order valence-electron chi connectivity index (χ1n) is 7.14. The van der Waals surface area contributed by atoms with Gasteiger partial charge in [-0.15, -0.1) is 0 Å². The van der Waals surface area contributed by atoms with Crippen LogP contribution in [0.25, 0.3) is 0 Å². The number of carbonyl (C=O) groups is 1. The van der Waals surface area contributed by atoms with Gasteiger partial charge in [0, 0.05) is 5.56 Å². The van der Waals surface area contributed by atoms with Crippen LogP contribution in [-0.2, 0) is 5.60 Å². The number of nitrogens with one attached hydrogen (secondary N) is 1. The third-order valence-electron chi connectivity index (χ3n) is 3.91. The molecule has 0 bridgehead atoms. The number of benzene rings is 2. The van der Waals surface area contributed by atoms with E-state index in [2.05, 4.69) is 5.32 Å². The van der Waals surface area contributed by atoms with E-state index in [1.54, 1.807) is 13.0 Å². The van der Waals surface area contributed by atoms with Gasteiger partial charge in [0.15, 0.2) is 0 Å². The number of hydrogen-bond acceptors (Lipinski definition) is 2. The molecule has 0 heterocycles. The van der Waals surface area contributed by atoms with Gasteiger partial charge in [-0.25, -0.2) is 4.39 Å². The minimum Gasteiger partial charge on any atom is -0.384 e. The van der Waals surface area contributed by atoms with Gasteiger partial charge in [0.1, 0.15) is 11.4 Å². The lowest BCUT2D eigenvalue weighted by Crippen LogP contribution is -2.38. The Balaban J connectivity index is 2.09. The number of amides is 1. The predicted molar refractivity (Wildman–Crippen MR) is 84.2 cm³/mol. The Morgan fingerprint density at radius 3 is 2.45 bits per heavy atom. The Kier molecular flexibility index (Phi) is 4.62. The molecule has 22 heavy (non-hydrogen) atoms. The summed E-state index contributed by atoms with van der Waals surface area (Å²) in [5.74, 6) is -0.595. The second kappa shape index (κ2) is 6.28. The molecule has 116 valence electrons. The summed E-state index contributed by atoms with van der Waals surface area (Å²) in [7, 11) is 0. The predicted octanol–water partition coefficient (Wildman–Crippen LogP) is 3.08. The smallest absolute Gasteiger partial charge is 0.251 e. The van der Waals surface area contributed by atoms with E-state index in [0.29, 0.717) is 11.1 Å². The van der Waals surface area contributed by atoms with Crippen molar-refractivity contribution in [2.75, 3.05) is 6.54 Å². The van der Waals surface area contributed by atoms with Crippen LogP contribution < -0.4 is 5.32 Å². The van der Waals surface area contributed by atoms with Crippen LogP contribution in [0.2, 0.25) is 0 Å². The molecule has 0 radical (unpaired) electrons. The highest BCUT2D eigenvalue weighted by Crippen LogP contribution is 2.20. The first-order valence-corrected chi connectivity index (χ1v) is 7.14. The first kappa shape index (κ1) is 16.2. The SMILES string of the molecule is Cc1cccc(C(=O)NCC(C)(O)c2ccc(F)cc2)c1C. The average molecular weight is 301 g/mol. The Morgan fingerprint density at radius 1 is 1.18 bits per heavy atom. The summed E-state index contributed by atoms with van der Waals surface area (Å²) in [5, 5.41) is 13.2. The molecule has 2 N–H and O–H groups in total. The van der Waals surface area contributed by atoms with E-state index in [0.717, 1.165) is 11.1 Å². The lowest BCUT2D eigenvalue weighted by Gasteiger charge is -2.24. The summed E-state index contributed by atoms with van der Waals surface area (Å²) in [6.07, 6.45) is 0. The third kappa shape index (κ3) is 3.52. The molecule has 2 aromatic carbocycles. The molecular weight excluding hydrogens is 281 g/mol. The maximum absolute atomic E-state index is 12.9. The van der Waals surface area contributed by atoms with Crippen molar-refractivity contribution < 1.29 is 14.3 Å².